The van der Waals surface area contributed by atoms with Gasteiger partial charge in [0.25, 0.3) is 0 Å². The number of aryl methyl sites for hydroxylation is 1. The van der Waals surface area contributed by atoms with Crippen molar-refractivity contribution in [1.29, 1.82) is 5.41 Å². The molecule has 35 heavy (non-hydrogen) atoms. The molecule has 3 aliphatic rings. The molecule has 1 unspecified atom stereocenters. The molecule has 0 spiro atoms. The maximum atomic E-state index is 8.01. The number of aromatic nitrogens is 2. The summed E-state index contributed by atoms with van der Waals surface area (Å²) < 4.78 is 16.4. The summed E-state index contributed by atoms with van der Waals surface area (Å²) in [6.45, 7) is 10.4. The second-order valence-corrected chi connectivity index (χ2v) is 9.78. The van der Waals surface area contributed by atoms with E-state index >= 15 is 0 Å². The van der Waals surface area contributed by atoms with Crippen LogP contribution in [0.4, 0.5) is 17.3 Å². The lowest BCUT2D eigenvalue weighted by atomic mass is 9.85. The van der Waals surface area contributed by atoms with Gasteiger partial charge in [0, 0.05) is 30.1 Å². The van der Waals surface area contributed by atoms with E-state index in [1.165, 1.54) is 17.3 Å². The Balaban J connectivity index is 1.39. The smallest absolute Gasteiger partial charge is 0.320 e. The largest absolute Gasteiger partial charge is 0.467 e. The molecule has 1 aromatic carbocycles. The van der Waals surface area contributed by atoms with Gasteiger partial charge in [0.15, 0.2) is 0 Å². The van der Waals surface area contributed by atoms with Crippen molar-refractivity contribution in [2.75, 3.05) is 63.4 Å². The summed E-state index contributed by atoms with van der Waals surface area (Å²) in [7, 11) is 1.58. The Morgan fingerprint density at radius 3 is 2.54 bits per heavy atom. The van der Waals surface area contributed by atoms with Gasteiger partial charge >= 0.3 is 6.01 Å². The molecule has 0 amide bonds. The number of benzene rings is 1. The van der Waals surface area contributed by atoms with E-state index < -0.39 is 0 Å². The molecule has 2 N–H and O–H groups in total. The average molecular weight is 481 g/mol. The first-order valence-electron chi connectivity index (χ1n) is 12.6. The third-order valence-electron chi connectivity index (χ3n) is 7.50. The van der Waals surface area contributed by atoms with Gasteiger partial charge in [-0.1, -0.05) is 0 Å². The lowest BCUT2D eigenvalue weighted by Gasteiger charge is -2.41. The molecule has 3 aliphatic heterocycles. The van der Waals surface area contributed by atoms with Crippen LogP contribution in [0.5, 0.6) is 6.01 Å². The molecule has 1 aromatic heterocycles. The molecule has 1 atom stereocenters. The number of hydrogen-bond acceptors (Lipinski definition) is 9. The standard InChI is InChI=1S/C26H36N6O3/c1-17-10-20(13-27)23(11-22(17)19-4-6-31(7-5-19)21-15-35-16-21)28-24-12-25(30-26(29-24)33-3)32-8-9-34-14-18(32)2/h10-13,18-19,21,27H,4-9,14-16H2,1-3H3,(H,28,29,30). The van der Waals surface area contributed by atoms with E-state index in [1.54, 1.807) is 7.11 Å². The van der Waals surface area contributed by atoms with Gasteiger partial charge in [-0.3, -0.25) is 4.90 Å². The Morgan fingerprint density at radius 1 is 1.09 bits per heavy atom. The Hall–Kier alpha value is -2.75. The first kappa shape index (κ1) is 24.0. The van der Waals surface area contributed by atoms with Crippen molar-refractivity contribution in [2.24, 2.45) is 0 Å². The molecular weight excluding hydrogens is 444 g/mol. The number of anilines is 3. The van der Waals surface area contributed by atoms with E-state index in [9.17, 15) is 0 Å². The van der Waals surface area contributed by atoms with Crippen molar-refractivity contribution in [1.82, 2.24) is 14.9 Å². The molecular formula is C26H36N6O3. The summed E-state index contributed by atoms with van der Waals surface area (Å²) in [4.78, 5) is 13.9. The van der Waals surface area contributed by atoms with E-state index in [0.29, 0.717) is 37.0 Å². The van der Waals surface area contributed by atoms with Crippen LogP contribution in [0.3, 0.4) is 0 Å². The van der Waals surface area contributed by atoms with E-state index in [4.69, 9.17) is 19.6 Å². The zero-order valence-corrected chi connectivity index (χ0v) is 20.9. The van der Waals surface area contributed by atoms with E-state index in [-0.39, 0.29) is 6.04 Å². The predicted octanol–water partition coefficient (Wildman–Crippen LogP) is 3.34. The van der Waals surface area contributed by atoms with Gasteiger partial charge in [0.1, 0.15) is 11.6 Å². The lowest BCUT2D eigenvalue weighted by molar-refractivity contribution is -0.0712. The fraction of sp³-hybridized carbons (Fsp3) is 0.577. The van der Waals surface area contributed by atoms with Gasteiger partial charge < -0.3 is 29.8 Å². The zero-order valence-electron chi connectivity index (χ0n) is 20.9. The van der Waals surface area contributed by atoms with Crippen molar-refractivity contribution < 1.29 is 14.2 Å². The Bertz CT molecular complexity index is 1050. The van der Waals surface area contributed by atoms with Crippen LogP contribution in [-0.4, -0.2) is 86.3 Å². The number of methoxy groups -OCH3 is 1. The van der Waals surface area contributed by atoms with Crippen LogP contribution in [0.1, 0.15) is 42.4 Å². The maximum Gasteiger partial charge on any atom is 0.320 e. The van der Waals surface area contributed by atoms with Crippen LogP contribution in [0, 0.1) is 12.3 Å². The predicted molar refractivity (Wildman–Crippen MR) is 137 cm³/mol. The second kappa shape index (κ2) is 10.5. The van der Waals surface area contributed by atoms with E-state index in [1.807, 2.05) is 6.07 Å². The Kier molecular flexibility index (Phi) is 7.17. The highest BCUT2D eigenvalue weighted by Crippen LogP contribution is 2.35. The van der Waals surface area contributed by atoms with E-state index in [2.05, 4.69) is 51.1 Å². The molecule has 9 heteroatoms. The summed E-state index contributed by atoms with van der Waals surface area (Å²) in [6, 6.07) is 7.42. The van der Waals surface area contributed by atoms with Crippen molar-refractivity contribution in [3.63, 3.8) is 0 Å². The van der Waals surface area contributed by atoms with Gasteiger partial charge in [0.05, 0.1) is 45.6 Å². The fourth-order valence-electron chi connectivity index (χ4n) is 5.34. The number of hydrogen-bond donors (Lipinski definition) is 2. The maximum absolute atomic E-state index is 8.01. The van der Waals surface area contributed by atoms with Gasteiger partial charge in [-0.05, 0) is 69.0 Å². The summed E-state index contributed by atoms with van der Waals surface area (Å²) in [5.74, 6) is 1.98. The van der Waals surface area contributed by atoms with Crippen LogP contribution >= 0.6 is 0 Å². The molecule has 4 heterocycles. The highest BCUT2D eigenvalue weighted by atomic mass is 16.5. The van der Waals surface area contributed by atoms with Gasteiger partial charge in [0.2, 0.25) is 0 Å². The number of piperidine rings is 1. The van der Waals surface area contributed by atoms with Crippen LogP contribution in [0.15, 0.2) is 18.2 Å². The van der Waals surface area contributed by atoms with Crippen LogP contribution < -0.4 is 15.0 Å². The highest BCUT2D eigenvalue weighted by molar-refractivity contribution is 5.88. The van der Waals surface area contributed by atoms with Crippen LogP contribution in [-0.2, 0) is 9.47 Å². The number of rotatable bonds is 7. The summed E-state index contributed by atoms with van der Waals surface area (Å²) in [5, 5.41) is 11.5. The highest BCUT2D eigenvalue weighted by Gasteiger charge is 2.31. The normalized spacial score (nSPS) is 22.0. The van der Waals surface area contributed by atoms with Crippen LogP contribution in [0.2, 0.25) is 0 Å². The monoisotopic (exact) mass is 480 g/mol. The molecule has 3 saturated heterocycles. The Labute approximate surface area is 207 Å². The summed E-state index contributed by atoms with van der Waals surface area (Å²) in [5.41, 5.74) is 4.32. The number of ether oxygens (including phenoxy) is 3. The second-order valence-electron chi connectivity index (χ2n) is 9.78. The topological polar surface area (TPSA) is 95.8 Å². The summed E-state index contributed by atoms with van der Waals surface area (Å²) in [6.07, 6.45) is 3.68. The van der Waals surface area contributed by atoms with Crippen molar-refractivity contribution in [3.05, 3.63) is 34.9 Å². The minimum absolute atomic E-state index is 0.219. The van der Waals surface area contributed by atoms with Crippen molar-refractivity contribution in [3.8, 4) is 6.01 Å². The van der Waals surface area contributed by atoms with Crippen LogP contribution in [0.25, 0.3) is 0 Å². The molecule has 0 aliphatic carbocycles. The molecule has 0 saturated carbocycles. The minimum atomic E-state index is 0.219. The van der Waals surface area contributed by atoms with Gasteiger partial charge in [-0.15, -0.1) is 0 Å². The number of morpholine rings is 1. The molecule has 9 nitrogen and oxygen atoms in total. The zero-order chi connectivity index (χ0) is 24.4. The first-order chi connectivity index (χ1) is 17.1. The van der Waals surface area contributed by atoms with E-state index in [0.717, 1.165) is 62.8 Å². The minimum Gasteiger partial charge on any atom is -0.467 e. The SMILES string of the molecule is COc1nc(Nc2cc(C3CCN(C4COC4)CC3)c(C)cc2C=N)cc(N2CCOCC2C)n1. The molecule has 2 aromatic rings. The third-order valence-corrected chi connectivity index (χ3v) is 7.50. The van der Waals surface area contributed by atoms with Crippen molar-refractivity contribution >= 4 is 23.5 Å². The fourth-order valence-corrected chi connectivity index (χ4v) is 5.34. The molecule has 0 radical (unpaired) electrons. The molecule has 5 rings (SSSR count). The average Bonchev–Trinajstić information content (AvgIpc) is 2.84. The number of nitrogens with zero attached hydrogens (tertiary/aromatic N) is 4. The first-order valence-corrected chi connectivity index (χ1v) is 12.6. The molecule has 3 fully saturated rings. The third kappa shape index (κ3) is 5.12. The van der Waals surface area contributed by atoms with Crippen molar-refractivity contribution in [2.45, 2.75) is 44.7 Å². The van der Waals surface area contributed by atoms with Gasteiger partial charge in [-0.25, -0.2) is 0 Å². The summed E-state index contributed by atoms with van der Waals surface area (Å²) >= 11 is 0. The number of likely N-dealkylation sites (tertiary alicyclic amines) is 1. The molecule has 0 bridgehead atoms. The lowest BCUT2D eigenvalue weighted by Crippen LogP contribution is -2.51. The van der Waals surface area contributed by atoms with Gasteiger partial charge in [-0.2, -0.15) is 9.97 Å². The molecule has 188 valence electrons. The number of nitrogens with one attached hydrogen (secondary N) is 2. The Morgan fingerprint density at radius 2 is 1.89 bits per heavy atom. The quantitative estimate of drug-likeness (QED) is 0.583.